The summed E-state index contributed by atoms with van der Waals surface area (Å²) >= 11 is 0. The van der Waals surface area contributed by atoms with Crippen LogP contribution in [0.15, 0.2) is 0 Å². The van der Waals surface area contributed by atoms with Gasteiger partial charge in [-0.2, -0.15) is 0 Å². The van der Waals surface area contributed by atoms with Crippen LogP contribution in [0.5, 0.6) is 0 Å². The highest BCUT2D eigenvalue weighted by Gasteiger charge is 2.46. The van der Waals surface area contributed by atoms with E-state index >= 15 is 0 Å². The minimum atomic E-state index is -0.708. The van der Waals surface area contributed by atoms with Crippen molar-refractivity contribution in [1.82, 2.24) is 10.6 Å². The maximum Gasteiger partial charge on any atom is 0.324 e. The van der Waals surface area contributed by atoms with Crippen LogP contribution in [0.2, 0.25) is 0 Å². The molecule has 2 rings (SSSR count). The summed E-state index contributed by atoms with van der Waals surface area (Å²) in [6, 6.07) is 0.393. The molecule has 4 nitrogen and oxygen atoms in total. The average Bonchev–Trinajstić information content (AvgIpc) is 2.60. The Morgan fingerprint density at radius 1 is 1.28 bits per heavy atom. The molecule has 4 heteroatoms. The van der Waals surface area contributed by atoms with Crippen molar-refractivity contribution in [1.29, 1.82) is 0 Å². The summed E-state index contributed by atoms with van der Waals surface area (Å²) < 4.78 is 0. The molecule has 0 aromatic carbocycles. The molecule has 0 radical (unpaired) electrons. The number of nitrogens with one attached hydrogen (secondary N) is 2. The molecule has 2 aliphatic rings. The van der Waals surface area contributed by atoms with Gasteiger partial charge in [0.25, 0.3) is 0 Å². The van der Waals surface area contributed by atoms with E-state index in [4.69, 9.17) is 0 Å². The molecule has 1 aliphatic heterocycles. The molecule has 1 saturated heterocycles. The zero-order valence-corrected chi connectivity index (χ0v) is 11.4. The molecule has 0 aromatic heterocycles. The van der Waals surface area contributed by atoms with E-state index in [0.29, 0.717) is 12.5 Å². The first-order chi connectivity index (χ1) is 8.65. The van der Waals surface area contributed by atoms with E-state index in [2.05, 4.69) is 10.6 Å². The van der Waals surface area contributed by atoms with Crippen LogP contribution in [-0.2, 0) is 4.79 Å². The van der Waals surface area contributed by atoms with Crippen molar-refractivity contribution < 1.29 is 9.90 Å². The van der Waals surface area contributed by atoms with Crippen LogP contribution in [0.25, 0.3) is 0 Å². The summed E-state index contributed by atoms with van der Waals surface area (Å²) in [4.78, 5) is 11.8. The molecule has 104 valence electrons. The van der Waals surface area contributed by atoms with Gasteiger partial charge in [-0.1, -0.05) is 32.6 Å². The molecule has 3 N–H and O–H groups in total. The second-order valence-electron chi connectivity index (χ2n) is 5.96. The summed E-state index contributed by atoms with van der Waals surface area (Å²) in [5, 5.41) is 16.5. The first-order valence-corrected chi connectivity index (χ1v) is 7.37. The lowest BCUT2D eigenvalue weighted by atomic mass is 9.78. The van der Waals surface area contributed by atoms with E-state index in [1.165, 1.54) is 25.7 Å². The first kappa shape index (κ1) is 13.8. The summed E-state index contributed by atoms with van der Waals surface area (Å²) in [5.41, 5.74) is -0.708. The van der Waals surface area contributed by atoms with Crippen molar-refractivity contribution in [3.05, 3.63) is 0 Å². The van der Waals surface area contributed by atoms with E-state index in [0.717, 1.165) is 25.9 Å². The van der Waals surface area contributed by atoms with Crippen molar-refractivity contribution in [2.45, 2.75) is 63.5 Å². The fraction of sp³-hybridized carbons (Fsp3) is 0.929. The van der Waals surface area contributed by atoms with Crippen molar-refractivity contribution >= 4 is 5.97 Å². The van der Waals surface area contributed by atoms with Gasteiger partial charge in [0.2, 0.25) is 0 Å². The summed E-state index contributed by atoms with van der Waals surface area (Å²) in [5.74, 6) is -0.521. The Labute approximate surface area is 110 Å². The smallest absolute Gasteiger partial charge is 0.324 e. The number of rotatable bonds is 3. The third-order valence-electron chi connectivity index (χ3n) is 4.69. The van der Waals surface area contributed by atoms with Gasteiger partial charge in [0, 0.05) is 12.6 Å². The highest BCUT2D eigenvalue weighted by molar-refractivity contribution is 5.79. The first-order valence-electron chi connectivity index (χ1n) is 7.37. The van der Waals surface area contributed by atoms with E-state index in [1.807, 2.05) is 6.92 Å². The Balaban J connectivity index is 2.06. The summed E-state index contributed by atoms with van der Waals surface area (Å²) in [6.07, 6.45) is 8.04. The van der Waals surface area contributed by atoms with Crippen LogP contribution in [0.1, 0.15) is 51.9 Å². The second-order valence-corrected chi connectivity index (χ2v) is 5.96. The molecule has 0 amide bonds. The Hall–Kier alpha value is -0.610. The maximum atomic E-state index is 11.8. The van der Waals surface area contributed by atoms with Gasteiger partial charge in [-0.3, -0.25) is 10.1 Å². The van der Waals surface area contributed by atoms with Gasteiger partial charge in [0.15, 0.2) is 0 Å². The monoisotopic (exact) mass is 254 g/mol. The lowest BCUT2D eigenvalue weighted by molar-refractivity contribution is -0.149. The van der Waals surface area contributed by atoms with Gasteiger partial charge in [0.05, 0.1) is 0 Å². The van der Waals surface area contributed by atoms with Crippen LogP contribution < -0.4 is 10.6 Å². The van der Waals surface area contributed by atoms with Crippen LogP contribution in [-0.4, -0.2) is 35.7 Å². The van der Waals surface area contributed by atoms with Crippen molar-refractivity contribution in [3.63, 3.8) is 0 Å². The molecule has 18 heavy (non-hydrogen) atoms. The molecule has 0 aromatic rings. The molecule has 1 saturated carbocycles. The molecular formula is C14H26N2O2. The Bertz CT molecular complexity index is 288. The standard InChI is InChI=1S/C14H26N2O2/c1-11-10-15-9-8-14(11,13(17)18)16-12-6-4-2-3-5-7-12/h11-12,15-16H,2-10H2,1H3,(H,17,18). The molecule has 2 fully saturated rings. The largest absolute Gasteiger partial charge is 0.480 e. The minimum Gasteiger partial charge on any atom is -0.480 e. The highest BCUT2D eigenvalue weighted by atomic mass is 16.4. The second kappa shape index (κ2) is 6.02. The normalized spacial score (nSPS) is 35.1. The van der Waals surface area contributed by atoms with E-state index in [9.17, 15) is 9.90 Å². The number of carboxylic acids is 1. The molecule has 0 spiro atoms. The zero-order valence-electron chi connectivity index (χ0n) is 11.4. The fourth-order valence-corrected chi connectivity index (χ4v) is 3.41. The quantitative estimate of drug-likeness (QED) is 0.672. The minimum absolute atomic E-state index is 0.145. The Morgan fingerprint density at radius 2 is 1.94 bits per heavy atom. The molecule has 2 atom stereocenters. The lowest BCUT2D eigenvalue weighted by Gasteiger charge is -2.42. The molecular weight excluding hydrogens is 228 g/mol. The SMILES string of the molecule is CC1CNCCC1(NC1CCCCCC1)C(=O)O. The predicted molar refractivity (Wildman–Crippen MR) is 71.6 cm³/mol. The predicted octanol–water partition coefficient (Wildman–Crippen LogP) is 1.75. The van der Waals surface area contributed by atoms with Crippen LogP contribution in [0.4, 0.5) is 0 Å². The average molecular weight is 254 g/mol. The lowest BCUT2D eigenvalue weighted by Crippen LogP contribution is -2.65. The molecule has 1 aliphatic carbocycles. The number of carboxylic acid groups (broad SMARTS) is 1. The van der Waals surface area contributed by atoms with E-state index in [-0.39, 0.29) is 5.92 Å². The van der Waals surface area contributed by atoms with E-state index in [1.54, 1.807) is 0 Å². The van der Waals surface area contributed by atoms with Gasteiger partial charge < -0.3 is 10.4 Å². The fourth-order valence-electron chi connectivity index (χ4n) is 3.41. The number of carbonyl (C=O) groups is 1. The van der Waals surface area contributed by atoms with E-state index < -0.39 is 11.5 Å². The van der Waals surface area contributed by atoms with Gasteiger partial charge in [-0.15, -0.1) is 0 Å². The zero-order chi connectivity index (χ0) is 13.0. The summed E-state index contributed by atoms with van der Waals surface area (Å²) in [6.45, 7) is 3.65. The summed E-state index contributed by atoms with van der Waals surface area (Å²) in [7, 11) is 0. The Kier molecular flexibility index (Phi) is 4.62. The van der Waals surface area contributed by atoms with Crippen molar-refractivity contribution in [3.8, 4) is 0 Å². The number of piperidine rings is 1. The Morgan fingerprint density at radius 3 is 2.50 bits per heavy atom. The van der Waals surface area contributed by atoms with Gasteiger partial charge in [0.1, 0.15) is 5.54 Å². The number of hydrogen-bond donors (Lipinski definition) is 3. The molecule has 2 unspecified atom stereocenters. The van der Waals surface area contributed by atoms with Crippen LogP contribution in [0.3, 0.4) is 0 Å². The molecule has 0 bridgehead atoms. The third kappa shape index (κ3) is 2.86. The van der Waals surface area contributed by atoms with Crippen LogP contribution >= 0.6 is 0 Å². The third-order valence-corrected chi connectivity index (χ3v) is 4.69. The van der Waals surface area contributed by atoms with Gasteiger partial charge >= 0.3 is 5.97 Å². The van der Waals surface area contributed by atoms with Crippen LogP contribution in [0, 0.1) is 5.92 Å². The molecule has 1 heterocycles. The van der Waals surface area contributed by atoms with Crippen molar-refractivity contribution in [2.24, 2.45) is 5.92 Å². The van der Waals surface area contributed by atoms with Gasteiger partial charge in [-0.05, 0) is 31.7 Å². The maximum absolute atomic E-state index is 11.8. The number of hydrogen-bond acceptors (Lipinski definition) is 3. The number of aliphatic carboxylic acids is 1. The topological polar surface area (TPSA) is 61.4 Å². The highest BCUT2D eigenvalue weighted by Crippen LogP contribution is 2.28. The van der Waals surface area contributed by atoms with Crippen molar-refractivity contribution in [2.75, 3.05) is 13.1 Å². The van der Waals surface area contributed by atoms with Gasteiger partial charge in [-0.25, -0.2) is 0 Å².